The lowest BCUT2D eigenvalue weighted by atomic mass is 10.0. The lowest BCUT2D eigenvalue weighted by Crippen LogP contribution is -2.47. The summed E-state index contributed by atoms with van der Waals surface area (Å²) in [5.41, 5.74) is 1.99. The summed E-state index contributed by atoms with van der Waals surface area (Å²) in [6, 6.07) is 17.0. The molecule has 2 aromatic rings. The van der Waals surface area contributed by atoms with Crippen molar-refractivity contribution >= 4 is 24.0 Å². The normalized spacial score (nSPS) is 15.3. The number of benzene rings is 2. The van der Waals surface area contributed by atoms with Crippen molar-refractivity contribution in [2.24, 2.45) is 0 Å². The Morgan fingerprint density at radius 1 is 1.12 bits per heavy atom. The number of amides is 1. The van der Waals surface area contributed by atoms with Crippen molar-refractivity contribution in [2.75, 3.05) is 18.0 Å². The average molecular weight is 377 g/mol. The Morgan fingerprint density at radius 3 is 2.42 bits per heavy atom. The fourth-order valence-electron chi connectivity index (χ4n) is 3.53. The lowest BCUT2D eigenvalue weighted by molar-refractivity contribution is -0.119. The summed E-state index contributed by atoms with van der Waals surface area (Å²) < 4.78 is 13.6. The second-order valence-electron chi connectivity index (χ2n) is 6.59. The first kappa shape index (κ1) is 20.4. The van der Waals surface area contributed by atoms with Crippen molar-refractivity contribution in [1.29, 1.82) is 0 Å². The van der Waals surface area contributed by atoms with Crippen molar-refractivity contribution in [2.45, 2.75) is 38.8 Å². The Hall–Kier alpha value is -1.91. The number of piperidine rings is 1. The van der Waals surface area contributed by atoms with E-state index in [-0.39, 0.29) is 30.2 Å². The van der Waals surface area contributed by atoms with Gasteiger partial charge >= 0.3 is 0 Å². The molecular weight excluding hydrogens is 351 g/mol. The number of halogens is 2. The standard InChI is InChI=1S/C21H25FN2O.ClH/c1-2-21(25)24(20-10-6-9-18(22)15-20)19-11-13-23(14-12-19)16-17-7-4-3-5-8-17;/h3-10,15,19H,2,11-14,16H2,1H3;1H. The summed E-state index contributed by atoms with van der Waals surface area (Å²) in [4.78, 5) is 16.7. The minimum Gasteiger partial charge on any atom is -0.309 e. The maximum absolute atomic E-state index is 13.6. The molecule has 3 rings (SSSR count). The van der Waals surface area contributed by atoms with Crippen LogP contribution < -0.4 is 4.90 Å². The summed E-state index contributed by atoms with van der Waals surface area (Å²) in [5, 5.41) is 0. The quantitative estimate of drug-likeness (QED) is 0.758. The minimum absolute atomic E-state index is 0. The Labute approximate surface area is 161 Å². The van der Waals surface area contributed by atoms with Crippen LogP contribution in [-0.4, -0.2) is 29.9 Å². The van der Waals surface area contributed by atoms with Gasteiger partial charge in [0.25, 0.3) is 0 Å². The van der Waals surface area contributed by atoms with Crippen LogP contribution in [0.25, 0.3) is 0 Å². The first-order chi connectivity index (χ1) is 12.2. The number of hydrogen-bond acceptors (Lipinski definition) is 2. The zero-order valence-corrected chi connectivity index (χ0v) is 15.9. The first-order valence-corrected chi connectivity index (χ1v) is 9.01. The molecule has 0 unspecified atom stereocenters. The van der Waals surface area contributed by atoms with Crippen molar-refractivity contribution < 1.29 is 9.18 Å². The van der Waals surface area contributed by atoms with E-state index in [2.05, 4.69) is 29.2 Å². The predicted molar refractivity (Wildman–Crippen MR) is 106 cm³/mol. The van der Waals surface area contributed by atoms with Gasteiger partial charge in [0.1, 0.15) is 5.82 Å². The van der Waals surface area contributed by atoms with Gasteiger partial charge in [-0.15, -0.1) is 12.4 Å². The molecule has 1 amide bonds. The van der Waals surface area contributed by atoms with Crippen LogP contribution in [0.1, 0.15) is 31.7 Å². The monoisotopic (exact) mass is 376 g/mol. The van der Waals surface area contributed by atoms with Gasteiger partial charge in [0.15, 0.2) is 0 Å². The van der Waals surface area contributed by atoms with Gasteiger partial charge in [-0.3, -0.25) is 9.69 Å². The molecule has 0 atom stereocenters. The molecule has 0 aliphatic carbocycles. The highest BCUT2D eigenvalue weighted by Crippen LogP contribution is 2.26. The van der Waals surface area contributed by atoms with Crippen LogP contribution in [0.3, 0.4) is 0 Å². The van der Waals surface area contributed by atoms with Crippen LogP contribution in [0.2, 0.25) is 0 Å². The Morgan fingerprint density at radius 2 is 1.81 bits per heavy atom. The molecule has 0 aromatic heterocycles. The Bertz CT molecular complexity index is 702. The van der Waals surface area contributed by atoms with Gasteiger partial charge in [-0.1, -0.05) is 43.3 Å². The molecule has 0 spiro atoms. The van der Waals surface area contributed by atoms with E-state index in [0.717, 1.165) is 32.5 Å². The van der Waals surface area contributed by atoms with Crippen molar-refractivity contribution in [3.05, 3.63) is 66.0 Å². The predicted octanol–water partition coefficient (Wildman–Crippen LogP) is 4.66. The highest BCUT2D eigenvalue weighted by Gasteiger charge is 2.28. The van der Waals surface area contributed by atoms with E-state index in [1.165, 1.54) is 17.7 Å². The smallest absolute Gasteiger partial charge is 0.226 e. The second-order valence-corrected chi connectivity index (χ2v) is 6.59. The maximum atomic E-state index is 13.6. The molecule has 1 fully saturated rings. The molecule has 1 aliphatic rings. The largest absolute Gasteiger partial charge is 0.309 e. The number of carbonyl (C=O) groups excluding carboxylic acids is 1. The molecule has 1 saturated heterocycles. The van der Waals surface area contributed by atoms with Crippen LogP contribution in [0.4, 0.5) is 10.1 Å². The van der Waals surface area contributed by atoms with E-state index in [9.17, 15) is 9.18 Å². The number of anilines is 1. The molecule has 26 heavy (non-hydrogen) atoms. The van der Waals surface area contributed by atoms with Crippen LogP contribution in [0.5, 0.6) is 0 Å². The Kier molecular flexibility index (Phi) is 7.61. The first-order valence-electron chi connectivity index (χ1n) is 9.01. The summed E-state index contributed by atoms with van der Waals surface area (Å²) in [6.07, 6.45) is 2.25. The molecule has 5 heteroatoms. The topological polar surface area (TPSA) is 23.6 Å². The summed E-state index contributed by atoms with van der Waals surface area (Å²) in [5.74, 6) is -0.236. The minimum atomic E-state index is -0.298. The van der Waals surface area contributed by atoms with Crippen LogP contribution in [0, 0.1) is 5.82 Å². The molecule has 0 bridgehead atoms. The molecule has 140 valence electrons. The highest BCUT2D eigenvalue weighted by atomic mass is 35.5. The van der Waals surface area contributed by atoms with E-state index in [4.69, 9.17) is 0 Å². The van der Waals surface area contributed by atoms with E-state index in [1.54, 1.807) is 6.07 Å². The molecule has 2 aromatic carbocycles. The number of carbonyl (C=O) groups is 1. The molecular formula is C21H26ClFN2O. The van der Waals surface area contributed by atoms with Gasteiger partial charge in [0.2, 0.25) is 5.91 Å². The van der Waals surface area contributed by atoms with Gasteiger partial charge in [-0.05, 0) is 36.6 Å². The fourth-order valence-corrected chi connectivity index (χ4v) is 3.53. The number of likely N-dealkylation sites (tertiary alicyclic amines) is 1. The SMILES string of the molecule is CCC(=O)N(c1cccc(F)c1)C1CCN(Cc2ccccc2)CC1.Cl. The summed E-state index contributed by atoms with van der Waals surface area (Å²) >= 11 is 0. The third-order valence-corrected chi connectivity index (χ3v) is 4.83. The van der Waals surface area contributed by atoms with Gasteiger partial charge in [-0.25, -0.2) is 4.39 Å². The third-order valence-electron chi connectivity index (χ3n) is 4.83. The number of hydrogen-bond donors (Lipinski definition) is 0. The number of rotatable bonds is 5. The van der Waals surface area contributed by atoms with Gasteiger partial charge in [-0.2, -0.15) is 0 Å². The fraction of sp³-hybridized carbons (Fsp3) is 0.381. The zero-order chi connectivity index (χ0) is 17.6. The van der Waals surface area contributed by atoms with E-state index in [0.29, 0.717) is 12.1 Å². The highest BCUT2D eigenvalue weighted by molar-refractivity contribution is 5.93. The van der Waals surface area contributed by atoms with Gasteiger partial charge in [0, 0.05) is 37.8 Å². The third kappa shape index (κ3) is 5.05. The van der Waals surface area contributed by atoms with E-state index >= 15 is 0 Å². The van der Waals surface area contributed by atoms with Crippen molar-refractivity contribution in [3.8, 4) is 0 Å². The molecule has 0 saturated carbocycles. The molecule has 0 radical (unpaired) electrons. The molecule has 3 nitrogen and oxygen atoms in total. The van der Waals surface area contributed by atoms with E-state index in [1.807, 2.05) is 24.0 Å². The lowest BCUT2D eigenvalue weighted by Gasteiger charge is -2.38. The summed E-state index contributed by atoms with van der Waals surface area (Å²) in [7, 11) is 0. The van der Waals surface area contributed by atoms with Gasteiger partial charge in [0.05, 0.1) is 0 Å². The second kappa shape index (κ2) is 9.70. The summed E-state index contributed by atoms with van der Waals surface area (Å²) in [6.45, 7) is 4.69. The van der Waals surface area contributed by atoms with Crippen LogP contribution >= 0.6 is 12.4 Å². The number of nitrogens with zero attached hydrogens (tertiary/aromatic N) is 2. The maximum Gasteiger partial charge on any atom is 0.226 e. The average Bonchev–Trinajstić information content (AvgIpc) is 2.64. The zero-order valence-electron chi connectivity index (χ0n) is 15.1. The molecule has 1 heterocycles. The van der Waals surface area contributed by atoms with Crippen LogP contribution in [0.15, 0.2) is 54.6 Å². The molecule has 0 N–H and O–H groups in total. The Balaban J connectivity index is 0.00000243. The van der Waals surface area contributed by atoms with Crippen molar-refractivity contribution in [1.82, 2.24) is 4.90 Å². The van der Waals surface area contributed by atoms with Crippen molar-refractivity contribution in [3.63, 3.8) is 0 Å². The molecule has 1 aliphatic heterocycles. The van der Waals surface area contributed by atoms with Crippen LogP contribution in [-0.2, 0) is 11.3 Å². The van der Waals surface area contributed by atoms with Gasteiger partial charge < -0.3 is 4.90 Å². The van der Waals surface area contributed by atoms with E-state index < -0.39 is 0 Å².